The number of rotatable bonds is 4. The molecule has 3 rings (SSSR count). The van der Waals surface area contributed by atoms with Crippen LogP contribution in [0.2, 0.25) is 0 Å². The molecule has 1 unspecified atom stereocenters. The van der Waals surface area contributed by atoms with E-state index >= 15 is 0 Å². The molecule has 1 fully saturated rings. The number of hydrogen-bond donors (Lipinski definition) is 0. The molecular formula is C21H32N2. The highest BCUT2D eigenvalue weighted by Crippen LogP contribution is 2.44. The van der Waals surface area contributed by atoms with Gasteiger partial charge in [-0.3, -0.25) is 9.35 Å². The van der Waals surface area contributed by atoms with Gasteiger partial charge < -0.3 is 0 Å². The molecule has 0 spiro atoms. The highest BCUT2D eigenvalue weighted by molar-refractivity contribution is 5.20. The molecule has 1 saturated carbocycles. The summed E-state index contributed by atoms with van der Waals surface area (Å²) in [6.45, 7) is 11.8. The topological polar surface area (TPSA) is 9.86 Å². The summed E-state index contributed by atoms with van der Waals surface area (Å²) in [7, 11) is 0. The summed E-state index contributed by atoms with van der Waals surface area (Å²) in [6, 6.07) is 8.98. The summed E-state index contributed by atoms with van der Waals surface area (Å²) in [4.78, 5) is 0. The molecule has 2 aromatic rings. The van der Waals surface area contributed by atoms with Crippen LogP contribution >= 0.6 is 0 Å². The summed E-state index contributed by atoms with van der Waals surface area (Å²) in [5.41, 5.74) is 2.88. The standard InChI is InChI=1S/C21H32N2/c1-15(2)18-11-10-17(5)14-19(18)21-9-7-13-23(21)22-12-6-8-20(22)16(3)4/h6-9,12-13,15-19H,10-11,14H2,1-5H3/t17-,18+,19?/m1/s1. The normalized spacial score (nSPS) is 25.4. The second-order valence-corrected chi connectivity index (χ2v) is 8.14. The van der Waals surface area contributed by atoms with Gasteiger partial charge in [-0.25, -0.2) is 0 Å². The van der Waals surface area contributed by atoms with E-state index in [1.807, 2.05) is 0 Å². The molecule has 126 valence electrons. The van der Waals surface area contributed by atoms with Crippen molar-refractivity contribution in [3.05, 3.63) is 48.0 Å². The van der Waals surface area contributed by atoms with E-state index in [2.05, 4.69) is 80.6 Å². The van der Waals surface area contributed by atoms with Crippen LogP contribution in [0.4, 0.5) is 0 Å². The first-order valence-corrected chi connectivity index (χ1v) is 9.34. The molecule has 0 amide bonds. The zero-order chi connectivity index (χ0) is 16.6. The van der Waals surface area contributed by atoms with Crippen LogP contribution in [-0.4, -0.2) is 9.35 Å². The molecule has 0 aromatic carbocycles. The second kappa shape index (κ2) is 6.59. The first-order valence-electron chi connectivity index (χ1n) is 9.34. The Morgan fingerprint density at radius 3 is 2.35 bits per heavy atom. The third-order valence-corrected chi connectivity index (χ3v) is 5.74. The molecule has 1 aliphatic rings. The Morgan fingerprint density at radius 1 is 0.957 bits per heavy atom. The Kier molecular flexibility index (Phi) is 4.70. The predicted octanol–water partition coefficient (Wildman–Crippen LogP) is 5.90. The van der Waals surface area contributed by atoms with Crippen LogP contribution in [-0.2, 0) is 0 Å². The van der Waals surface area contributed by atoms with Crippen molar-refractivity contribution in [1.29, 1.82) is 0 Å². The van der Waals surface area contributed by atoms with Crippen molar-refractivity contribution in [2.24, 2.45) is 17.8 Å². The van der Waals surface area contributed by atoms with Gasteiger partial charge in [0.1, 0.15) is 0 Å². The molecule has 2 aromatic heterocycles. The maximum atomic E-state index is 2.42. The van der Waals surface area contributed by atoms with Gasteiger partial charge in [-0.1, -0.05) is 41.0 Å². The van der Waals surface area contributed by atoms with Gasteiger partial charge in [0.15, 0.2) is 0 Å². The highest BCUT2D eigenvalue weighted by atomic mass is 15.5. The monoisotopic (exact) mass is 312 g/mol. The minimum Gasteiger partial charge on any atom is -0.261 e. The maximum absolute atomic E-state index is 2.42. The quantitative estimate of drug-likeness (QED) is 0.665. The van der Waals surface area contributed by atoms with Crippen molar-refractivity contribution in [3.63, 3.8) is 0 Å². The van der Waals surface area contributed by atoms with Crippen molar-refractivity contribution in [2.75, 3.05) is 0 Å². The smallest absolute Gasteiger partial charge is 0.0438 e. The van der Waals surface area contributed by atoms with Crippen LogP contribution in [0, 0.1) is 17.8 Å². The van der Waals surface area contributed by atoms with Crippen LogP contribution in [0.15, 0.2) is 36.7 Å². The molecule has 3 atom stereocenters. The SMILES string of the molecule is CC(C)c1cccn1-n1cccc1C1C[C@H](C)CC[C@H]1C(C)C. The largest absolute Gasteiger partial charge is 0.261 e. The Hall–Kier alpha value is -1.44. The molecule has 2 heterocycles. The average Bonchev–Trinajstić information content (AvgIpc) is 3.15. The first kappa shape index (κ1) is 16.4. The summed E-state index contributed by atoms with van der Waals surface area (Å²) in [6.07, 6.45) is 8.52. The van der Waals surface area contributed by atoms with E-state index in [9.17, 15) is 0 Å². The Morgan fingerprint density at radius 2 is 1.65 bits per heavy atom. The van der Waals surface area contributed by atoms with E-state index in [1.54, 1.807) is 0 Å². The molecule has 0 radical (unpaired) electrons. The highest BCUT2D eigenvalue weighted by Gasteiger charge is 2.33. The van der Waals surface area contributed by atoms with Crippen molar-refractivity contribution < 1.29 is 0 Å². The van der Waals surface area contributed by atoms with Gasteiger partial charge in [0.25, 0.3) is 0 Å². The minimum absolute atomic E-state index is 0.534. The molecule has 1 aliphatic carbocycles. The summed E-state index contributed by atoms with van der Waals surface area (Å²) in [5, 5.41) is 0. The summed E-state index contributed by atoms with van der Waals surface area (Å²) < 4.78 is 4.74. The Balaban J connectivity index is 2.00. The lowest BCUT2D eigenvalue weighted by Crippen LogP contribution is -2.29. The molecule has 0 N–H and O–H groups in total. The van der Waals surface area contributed by atoms with Crippen LogP contribution in [0.5, 0.6) is 0 Å². The molecular weight excluding hydrogens is 280 g/mol. The van der Waals surface area contributed by atoms with Crippen LogP contribution in [0.1, 0.15) is 77.1 Å². The number of aromatic nitrogens is 2. The van der Waals surface area contributed by atoms with Gasteiger partial charge in [-0.2, -0.15) is 0 Å². The minimum atomic E-state index is 0.534. The first-order chi connectivity index (χ1) is 11.0. The Bertz CT molecular complexity index is 632. The molecule has 23 heavy (non-hydrogen) atoms. The molecule has 2 heteroatoms. The van der Waals surface area contributed by atoms with E-state index < -0.39 is 0 Å². The van der Waals surface area contributed by atoms with Crippen molar-refractivity contribution in [1.82, 2.24) is 9.35 Å². The molecule has 0 bridgehead atoms. The van der Waals surface area contributed by atoms with Gasteiger partial charge in [0.2, 0.25) is 0 Å². The third-order valence-electron chi connectivity index (χ3n) is 5.74. The molecule has 0 aliphatic heterocycles. The van der Waals surface area contributed by atoms with E-state index in [-0.39, 0.29) is 0 Å². The molecule has 0 saturated heterocycles. The summed E-state index contributed by atoms with van der Waals surface area (Å²) >= 11 is 0. The predicted molar refractivity (Wildman–Crippen MR) is 97.8 cm³/mol. The number of hydrogen-bond acceptors (Lipinski definition) is 0. The average molecular weight is 313 g/mol. The lowest BCUT2D eigenvalue weighted by Gasteiger charge is -2.38. The van der Waals surface area contributed by atoms with E-state index in [0.717, 1.165) is 17.8 Å². The second-order valence-electron chi connectivity index (χ2n) is 8.14. The number of nitrogens with zero attached hydrogens (tertiary/aromatic N) is 2. The lowest BCUT2D eigenvalue weighted by atomic mass is 9.69. The van der Waals surface area contributed by atoms with E-state index in [0.29, 0.717) is 11.8 Å². The van der Waals surface area contributed by atoms with Gasteiger partial charge in [0, 0.05) is 29.7 Å². The maximum Gasteiger partial charge on any atom is 0.0438 e. The summed E-state index contributed by atoms with van der Waals surface area (Å²) in [5.74, 6) is 3.61. The van der Waals surface area contributed by atoms with Crippen LogP contribution in [0.25, 0.3) is 0 Å². The van der Waals surface area contributed by atoms with E-state index in [1.165, 1.54) is 30.7 Å². The van der Waals surface area contributed by atoms with Gasteiger partial charge in [-0.15, -0.1) is 0 Å². The van der Waals surface area contributed by atoms with Crippen molar-refractivity contribution >= 4 is 0 Å². The van der Waals surface area contributed by atoms with E-state index in [4.69, 9.17) is 0 Å². The zero-order valence-corrected chi connectivity index (χ0v) is 15.4. The lowest BCUT2D eigenvalue weighted by molar-refractivity contribution is 0.190. The van der Waals surface area contributed by atoms with Gasteiger partial charge in [0.05, 0.1) is 0 Å². The van der Waals surface area contributed by atoms with Crippen LogP contribution < -0.4 is 0 Å². The fraction of sp³-hybridized carbons (Fsp3) is 0.619. The third kappa shape index (κ3) is 3.13. The zero-order valence-electron chi connectivity index (χ0n) is 15.4. The molecule has 2 nitrogen and oxygen atoms in total. The van der Waals surface area contributed by atoms with Crippen molar-refractivity contribution in [2.45, 2.75) is 65.7 Å². The fourth-order valence-electron chi connectivity index (χ4n) is 4.46. The van der Waals surface area contributed by atoms with Crippen LogP contribution in [0.3, 0.4) is 0 Å². The van der Waals surface area contributed by atoms with Crippen molar-refractivity contribution in [3.8, 4) is 0 Å². The fourth-order valence-corrected chi connectivity index (χ4v) is 4.46. The Labute approximate surface area is 141 Å². The van der Waals surface area contributed by atoms with Gasteiger partial charge in [-0.05, 0) is 60.8 Å². The van der Waals surface area contributed by atoms with Gasteiger partial charge >= 0.3 is 0 Å².